The Bertz CT molecular complexity index is 853. The van der Waals surface area contributed by atoms with Gasteiger partial charge in [0, 0.05) is 24.0 Å². The SMILES string of the molecule is O=C(COC(=O)[C@@H]1CC(O)CN1S(=O)(=O)c1ccc(Cl)cc1)NC1CCCCCC1. The molecule has 0 spiro atoms. The Morgan fingerprint density at radius 2 is 1.77 bits per heavy atom. The first-order valence-electron chi connectivity index (χ1n) is 10.2. The van der Waals surface area contributed by atoms with Crippen molar-refractivity contribution in [3.63, 3.8) is 0 Å². The van der Waals surface area contributed by atoms with Crippen LogP contribution in [-0.4, -0.2) is 61.0 Å². The fourth-order valence-electron chi connectivity index (χ4n) is 3.93. The Morgan fingerprint density at radius 3 is 2.40 bits per heavy atom. The molecule has 1 aromatic rings. The van der Waals surface area contributed by atoms with Crippen LogP contribution in [0.3, 0.4) is 0 Å². The van der Waals surface area contributed by atoms with Gasteiger partial charge in [-0.1, -0.05) is 37.3 Å². The van der Waals surface area contributed by atoms with E-state index in [2.05, 4.69) is 5.32 Å². The van der Waals surface area contributed by atoms with Gasteiger partial charge in [0.2, 0.25) is 10.0 Å². The predicted octanol–water partition coefficient (Wildman–Crippen LogP) is 1.85. The molecule has 1 aromatic carbocycles. The summed E-state index contributed by atoms with van der Waals surface area (Å²) >= 11 is 5.81. The van der Waals surface area contributed by atoms with Crippen LogP contribution >= 0.6 is 11.6 Å². The molecule has 1 amide bonds. The molecule has 2 atom stereocenters. The number of carbonyl (C=O) groups excluding carboxylic acids is 2. The molecule has 10 heteroatoms. The Labute approximate surface area is 181 Å². The smallest absolute Gasteiger partial charge is 0.325 e. The van der Waals surface area contributed by atoms with Crippen LogP contribution in [-0.2, 0) is 24.3 Å². The van der Waals surface area contributed by atoms with E-state index in [1.165, 1.54) is 24.3 Å². The molecule has 2 aliphatic rings. The number of carbonyl (C=O) groups is 2. The Hall–Kier alpha value is -1.68. The molecule has 1 unspecified atom stereocenters. The fraction of sp³-hybridized carbons (Fsp3) is 0.600. The number of aliphatic hydroxyl groups is 1. The second-order valence-corrected chi connectivity index (χ2v) is 10.1. The molecule has 1 aliphatic carbocycles. The van der Waals surface area contributed by atoms with Crippen molar-refractivity contribution in [2.45, 2.75) is 68.0 Å². The molecular formula is C20H27ClN2O6S. The molecule has 30 heavy (non-hydrogen) atoms. The maximum Gasteiger partial charge on any atom is 0.325 e. The molecule has 1 saturated heterocycles. The van der Waals surface area contributed by atoms with Crippen molar-refractivity contribution in [1.82, 2.24) is 9.62 Å². The number of hydrogen-bond donors (Lipinski definition) is 2. The Morgan fingerprint density at radius 1 is 1.13 bits per heavy atom. The minimum atomic E-state index is -4.03. The van der Waals surface area contributed by atoms with Gasteiger partial charge in [-0.3, -0.25) is 9.59 Å². The van der Waals surface area contributed by atoms with E-state index in [-0.39, 0.29) is 23.9 Å². The predicted molar refractivity (Wildman–Crippen MR) is 110 cm³/mol. The van der Waals surface area contributed by atoms with Gasteiger partial charge < -0.3 is 15.2 Å². The lowest BCUT2D eigenvalue weighted by Crippen LogP contribution is -2.43. The van der Waals surface area contributed by atoms with Crippen molar-refractivity contribution in [3.05, 3.63) is 29.3 Å². The van der Waals surface area contributed by atoms with Gasteiger partial charge in [0.25, 0.3) is 5.91 Å². The van der Waals surface area contributed by atoms with Gasteiger partial charge in [0.1, 0.15) is 6.04 Å². The number of sulfonamides is 1. The van der Waals surface area contributed by atoms with Crippen molar-refractivity contribution in [1.29, 1.82) is 0 Å². The van der Waals surface area contributed by atoms with E-state index in [0.717, 1.165) is 42.8 Å². The van der Waals surface area contributed by atoms with Crippen LogP contribution in [0.2, 0.25) is 5.02 Å². The minimum Gasteiger partial charge on any atom is -0.454 e. The Balaban J connectivity index is 1.61. The number of nitrogens with one attached hydrogen (secondary N) is 1. The second-order valence-electron chi connectivity index (χ2n) is 7.80. The molecule has 8 nitrogen and oxygen atoms in total. The average molecular weight is 459 g/mol. The van der Waals surface area contributed by atoms with Gasteiger partial charge >= 0.3 is 5.97 Å². The zero-order chi connectivity index (χ0) is 21.7. The summed E-state index contributed by atoms with van der Waals surface area (Å²) < 4.78 is 31.9. The normalized spacial score (nSPS) is 23.7. The maximum atomic E-state index is 12.9. The van der Waals surface area contributed by atoms with E-state index in [4.69, 9.17) is 16.3 Å². The Kier molecular flexibility index (Phi) is 7.73. The highest BCUT2D eigenvalue weighted by atomic mass is 35.5. The lowest BCUT2D eigenvalue weighted by Gasteiger charge is -2.22. The lowest BCUT2D eigenvalue weighted by atomic mass is 10.1. The zero-order valence-electron chi connectivity index (χ0n) is 16.6. The molecular weight excluding hydrogens is 432 g/mol. The summed E-state index contributed by atoms with van der Waals surface area (Å²) in [6.45, 7) is -0.699. The molecule has 1 saturated carbocycles. The summed E-state index contributed by atoms with van der Waals surface area (Å²) in [5.41, 5.74) is 0. The number of esters is 1. The summed E-state index contributed by atoms with van der Waals surface area (Å²) in [6, 6.07) is 4.44. The number of hydrogen-bond acceptors (Lipinski definition) is 6. The molecule has 1 aliphatic heterocycles. The van der Waals surface area contributed by atoms with Gasteiger partial charge in [0.05, 0.1) is 11.0 Å². The van der Waals surface area contributed by atoms with E-state index in [1.807, 2.05) is 0 Å². The van der Waals surface area contributed by atoms with E-state index in [1.54, 1.807) is 0 Å². The van der Waals surface area contributed by atoms with E-state index in [0.29, 0.717) is 5.02 Å². The summed E-state index contributed by atoms with van der Waals surface area (Å²) in [5.74, 6) is -1.25. The van der Waals surface area contributed by atoms with Crippen LogP contribution in [0.4, 0.5) is 0 Å². The van der Waals surface area contributed by atoms with Crippen LogP contribution in [0.15, 0.2) is 29.2 Å². The maximum absolute atomic E-state index is 12.9. The van der Waals surface area contributed by atoms with Crippen LogP contribution < -0.4 is 5.32 Å². The first kappa shape index (κ1) is 23.0. The first-order valence-corrected chi connectivity index (χ1v) is 12.0. The largest absolute Gasteiger partial charge is 0.454 e. The summed E-state index contributed by atoms with van der Waals surface area (Å²) in [6.07, 6.45) is 5.15. The second kappa shape index (κ2) is 10.1. The van der Waals surface area contributed by atoms with Crippen LogP contribution in [0.25, 0.3) is 0 Å². The van der Waals surface area contributed by atoms with E-state index < -0.39 is 40.7 Å². The van der Waals surface area contributed by atoms with Crippen molar-refractivity contribution < 1.29 is 27.9 Å². The topological polar surface area (TPSA) is 113 Å². The van der Waals surface area contributed by atoms with Crippen molar-refractivity contribution >= 4 is 33.5 Å². The van der Waals surface area contributed by atoms with Gasteiger partial charge in [0.15, 0.2) is 6.61 Å². The molecule has 1 heterocycles. The number of β-amino-alcohol motifs (C(OH)–C–C–N with tert-alkyl or cyclic N) is 1. The fourth-order valence-corrected chi connectivity index (χ4v) is 5.68. The molecule has 2 N–H and O–H groups in total. The number of amides is 1. The standard InChI is InChI=1S/C20H27ClN2O6S/c21-14-7-9-17(10-8-14)30(27,28)23-12-16(24)11-18(23)20(26)29-13-19(25)22-15-5-3-1-2-4-6-15/h7-10,15-16,18,24H,1-6,11-13H2,(H,22,25)/t16?,18-/m0/s1. The highest BCUT2D eigenvalue weighted by molar-refractivity contribution is 7.89. The summed E-state index contributed by atoms with van der Waals surface area (Å²) in [5, 5.41) is 13.2. The lowest BCUT2D eigenvalue weighted by molar-refractivity contribution is -0.152. The highest BCUT2D eigenvalue weighted by Crippen LogP contribution is 2.28. The summed E-state index contributed by atoms with van der Waals surface area (Å²) in [4.78, 5) is 24.7. The van der Waals surface area contributed by atoms with Crippen LogP contribution in [0.1, 0.15) is 44.9 Å². The average Bonchev–Trinajstić information content (AvgIpc) is 2.93. The van der Waals surface area contributed by atoms with E-state index in [9.17, 15) is 23.1 Å². The quantitative estimate of drug-likeness (QED) is 0.496. The third-order valence-electron chi connectivity index (χ3n) is 5.49. The van der Waals surface area contributed by atoms with Gasteiger partial charge in [-0.15, -0.1) is 0 Å². The van der Waals surface area contributed by atoms with Crippen molar-refractivity contribution in [3.8, 4) is 0 Å². The van der Waals surface area contributed by atoms with Gasteiger partial charge in [-0.25, -0.2) is 8.42 Å². The molecule has 0 aromatic heterocycles. The number of rotatable bonds is 6. The first-order chi connectivity index (χ1) is 14.3. The number of aliphatic hydroxyl groups excluding tert-OH is 1. The highest BCUT2D eigenvalue weighted by Gasteiger charge is 2.44. The number of benzene rings is 1. The van der Waals surface area contributed by atoms with Gasteiger partial charge in [-0.2, -0.15) is 4.31 Å². The van der Waals surface area contributed by atoms with Crippen LogP contribution in [0.5, 0.6) is 0 Å². The van der Waals surface area contributed by atoms with Crippen molar-refractivity contribution in [2.24, 2.45) is 0 Å². The molecule has 2 fully saturated rings. The third-order valence-corrected chi connectivity index (χ3v) is 7.63. The van der Waals surface area contributed by atoms with Crippen molar-refractivity contribution in [2.75, 3.05) is 13.2 Å². The van der Waals surface area contributed by atoms with Crippen LogP contribution in [0, 0.1) is 0 Å². The molecule has 0 radical (unpaired) electrons. The third kappa shape index (κ3) is 5.72. The van der Waals surface area contributed by atoms with E-state index >= 15 is 0 Å². The zero-order valence-corrected chi connectivity index (χ0v) is 18.2. The molecule has 0 bridgehead atoms. The summed E-state index contributed by atoms with van der Waals surface area (Å²) in [7, 11) is -4.03. The number of halogens is 1. The molecule has 3 rings (SSSR count). The molecule has 166 valence electrons. The van der Waals surface area contributed by atoms with Gasteiger partial charge in [-0.05, 0) is 37.1 Å². The number of ether oxygens (including phenoxy) is 1. The minimum absolute atomic E-state index is 0.0371. The number of nitrogens with zero attached hydrogens (tertiary/aromatic N) is 1. The monoisotopic (exact) mass is 458 g/mol.